The second-order valence-electron chi connectivity index (χ2n) is 6.98. The van der Waals surface area contributed by atoms with E-state index in [9.17, 15) is 19.7 Å². The summed E-state index contributed by atoms with van der Waals surface area (Å²) in [7, 11) is 0. The van der Waals surface area contributed by atoms with Gasteiger partial charge < -0.3 is 5.32 Å². The number of aromatic nitrogens is 2. The molecule has 1 aliphatic heterocycles. The van der Waals surface area contributed by atoms with E-state index in [1.54, 1.807) is 12.1 Å². The highest BCUT2D eigenvalue weighted by atomic mass is 35.5. The van der Waals surface area contributed by atoms with Gasteiger partial charge in [-0.3, -0.25) is 24.3 Å². The van der Waals surface area contributed by atoms with E-state index in [4.69, 9.17) is 11.6 Å². The molecule has 0 saturated carbocycles. The van der Waals surface area contributed by atoms with E-state index in [2.05, 4.69) is 10.3 Å². The Bertz CT molecular complexity index is 1280. The van der Waals surface area contributed by atoms with Crippen LogP contribution < -0.4 is 10.9 Å². The number of rotatable bonds is 6. The molecular formula is C21H17ClN4O4S2. The van der Waals surface area contributed by atoms with Crippen LogP contribution in [0.5, 0.6) is 0 Å². The number of anilines is 1. The second kappa shape index (κ2) is 9.35. The van der Waals surface area contributed by atoms with Crippen molar-refractivity contribution in [2.75, 3.05) is 16.8 Å². The van der Waals surface area contributed by atoms with E-state index in [0.29, 0.717) is 38.6 Å². The number of nitro benzene ring substituents is 1. The van der Waals surface area contributed by atoms with Crippen LogP contribution in [-0.4, -0.2) is 31.9 Å². The van der Waals surface area contributed by atoms with Crippen molar-refractivity contribution in [1.29, 1.82) is 0 Å². The maximum atomic E-state index is 13.1. The van der Waals surface area contributed by atoms with Gasteiger partial charge in [0.1, 0.15) is 0 Å². The monoisotopic (exact) mass is 488 g/mol. The number of benzene rings is 2. The third-order valence-electron chi connectivity index (χ3n) is 4.77. The van der Waals surface area contributed by atoms with Crippen LogP contribution in [0, 0.1) is 17.0 Å². The maximum absolute atomic E-state index is 13.1. The minimum absolute atomic E-state index is 0.0246. The van der Waals surface area contributed by atoms with Crippen LogP contribution in [0.2, 0.25) is 5.02 Å². The Hall–Kier alpha value is -2.82. The van der Waals surface area contributed by atoms with Gasteiger partial charge in [-0.05, 0) is 36.8 Å². The number of amides is 1. The summed E-state index contributed by atoms with van der Waals surface area (Å²) in [6.07, 6.45) is 0.679. The van der Waals surface area contributed by atoms with Gasteiger partial charge in [0.2, 0.25) is 5.91 Å². The molecular weight excluding hydrogens is 472 g/mol. The van der Waals surface area contributed by atoms with Crippen LogP contribution in [0.25, 0.3) is 5.69 Å². The molecule has 1 aromatic heterocycles. The summed E-state index contributed by atoms with van der Waals surface area (Å²) in [6.45, 7) is 1.87. The molecule has 0 saturated heterocycles. The lowest BCUT2D eigenvalue weighted by Crippen LogP contribution is -2.24. The molecule has 1 amide bonds. The Labute approximate surface area is 196 Å². The Balaban J connectivity index is 1.61. The van der Waals surface area contributed by atoms with E-state index < -0.39 is 4.92 Å². The van der Waals surface area contributed by atoms with Crippen molar-refractivity contribution in [3.63, 3.8) is 0 Å². The molecule has 1 N–H and O–H groups in total. The second-order valence-corrected chi connectivity index (χ2v) is 9.44. The third kappa shape index (κ3) is 4.67. The molecule has 1 aliphatic rings. The first-order valence-electron chi connectivity index (χ1n) is 9.56. The van der Waals surface area contributed by atoms with E-state index in [-0.39, 0.29) is 22.9 Å². The normalized spacial score (nSPS) is 12.4. The van der Waals surface area contributed by atoms with Crippen molar-refractivity contribution in [1.82, 2.24) is 9.55 Å². The molecule has 3 aromatic rings. The molecule has 0 spiro atoms. The number of carbonyl (C=O) groups excluding carboxylic acids is 1. The fourth-order valence-corrected chi connectivity index (χ4v) is 5.17. The predicted octanol–water partition coefficient (Wildman–Crippen LogP) is 4.48. The van der Waals surface area contributed by atoms with E-state index in [1.165, 1.54) is 40.6 Å². The molecule has 8 nitrogen and oxygen atoms in total. The minimum Gasteiger partial charge on any atom is -0.325 e. The van der Waals surface area contributed by atoms with E-state index >= 15 is 0 Å². The van der Waals surface area contributed by atoms with Gasteiger partial charge in [-0.25, -0.2) is 4.98 Å². The van der Waals surface area contributed by atoms with Gasteiger partial charge in [0.05, 0.1) is 27.0 Å². The van der Waals surface area contributed by atoms with Crippen LogP contribution in [0.15, 0.2) is 57.3 Å². The Morgan fingerprint density at radius 1 is 1.31 bits per heavy atom. The fourth-order valence-electron chi connectivity index (χ4n) is 3.14. The maximum Gasteiger partial charge on any atom is 0.272 e. The zero-order valence-electron chi connectivity index (χ0n) is 16.8. The number of aryl methyl sites for hydroxylation is 2. The predicted molar refractivity (Wildman–Crippen MR) is 126 cm³/mol. The minimum atomic E-state index is -0.499. The lowest BCUT2D eigenvalue weighted by atomic mass is 10.2. The van der Waals surface area contributed by atoms with Crippen molar-refractivity contribution in [2.45, 2.75) is 23.4 Å². The molecule has 164 valence electrons. The van der Waals surface area contributed by atoms with Crippen molar-refractivity contribution in [2.24, 2.45) is 0 Å². The highest BCUT2D eigenvalue weighted by Crippen LogP contribution is 2.30. The number of halogens is 1. The first-order chi connectivity index (χ1) is 15.3. The molecule has 2 heterocycles. The number of nitrogens with one attached hydrogen (secondary N) is 1. The Morgan fingerprint density at radius 2 is 2.06 bits per heavy atom. The van der Waals surface area contributed by atoms with Gasteiger partial charge in [0.25, 0.3) is 11.2 Å². The first kappa shape index (κ1) is 22.4. The highest BCUT2D eigenvalue weighted by Gasteiger charge is 2.23. The number of thioether (sulfide) groups is 2. The number of nitrogens with zero attached hydrogens (tertiary/aromatic N) is 3. The lowest BCUT2D eigenvalue weighted by Gasteiger charge is -2.14. The van der Waals surface area contributed by atoms with Gasteiger partial charge in [0, 0.05) is 35.0 Å². The highest BCUT2D eigenvalue weighted by molar-refractivity contribution is 8.00. The van der Waals surface area contributed by atoms with Gasteiger partial charge in [0.15, 0.2) is 5.16 Å². The molecule has 11 heteroatoms. The summed E-state index contributed by atoms with van der Waals surface area (Å²) < 4.78 is 1.40. The number of non-ortho nitro benzene ring substituents is 1. The number of hydrogen-bond acceptors (Lipinski definition) is 7. The largest absolute Gasteiger partial charge is 0.325 e. The summed E-state index contributed by atoms with van der Waals surface area (Å²) in [5.74, 6) is 0.520. The standard InChI is InChI=1S/C21H17ClN4O4S2/c1-12-2-3-13(10-16(12)22)23-18(27)11-32-21-24-17-8-9-31-19(17)20(28)25(21)14-4-6-15(7-5-14)26(29)30/h2-7,10H,8-9,11H2,1H3,(H,23,27). The number of carbonyl (C=O) groups is 1. The van der Waals surface area contributed by atoms with Crippen molar-refractivity contribution in [3.8, 4) is 5.69 Å². The first-order valence-corrected chi connectivity index (χ1v) is 11.9. The number of hydrogen-bond donors (Lipinski definition) is 1. The average molecular weight is 489 g/mol. The van der Waals surface area contributed by atoms with Gasteiger partial charge in [-0.2, -0.15) is 0 Å². The molecule has 0 atom stereocenters. The van der Waals surface area contributed by atoms with Crippen LogP contribution in [0.4, 0.5) is 11.4 Å². The van der Waals surface area contributed by atoms with Crippen LogP contribution in [-0.2, 0) is 11.2 Å². The van der Waals surface area contributed by atoms with Crippen LogP contribution >= 0.6 is 35.1 Å². The quantitative estimate of drug-likeness (QED) is 0.236. The molecule has 0 radical (unpaired) electrons. The molecule has 0 fully saturated rings. The van der Waals surface area contributed by atoms with Crippen LogP contribution in [0.3, 0.4) is 0 Å². The summed E-state index contributed by atoms with van der Waals surface area (Å²) in [5.41, 5.74) is 2.35. The lowest BCUT2D eigenvalue weighted by molar-refractivity contribution is -0.384. The summed E-state index contributed by atoms with van der Waals surface area (Å²) in [5, 5.41) is 14.7. The number of nitro groups is 1. The summed E-state index contributed by atoms with van der Waals surface area (Å²) >= 11 is 8.69. The number of fused-ring (bicyclic) bond motifs is 1. The Kier molecular flexibility index (Phi) is 6.54. The van der Waals surface area contributed by atoms with Gasteiger partial charge >= 0.3 is 0 Å². The van der Waals surface area contributed by atoms with Crippen molar-refractivity contribution >= 4 is 52.4 Å². The molecule has 2 aromatic carbocycles. The van der Waals surface area contributed by atoms with Crippen LogP contribution in [0.1, 0.15) is 11.3 Å². The Morgan fingerprint density at radius 3 is 2.75 bits per heavy atom. The van der Waals surface area contributed by atoms with Crippen molar-refractivity contribution in [3.05, 3.63) is 79.2 Å². The third-order valence-corrected chi connectivity index (χ3v) is 7.23. The SMILES string of the molecule is Cc1ccc(NC(=O)CSc2nc3c(c(=O)n2-c2ccc([N+](=O)[O-])cc2)SCC3)cc1Cl. The average Bonchev–Trinajstić information content (AvgIpc) is 3.24. The summed E-state index contributed by atoms with van der Waals surface area (Å²) in [6, 6.07) is 10.9. The van der Waals surface area contributed by atoms with Crippen molar-refractivity contribution < 1.29 is 9.72 Å². The van der Waals surface area contributed by atoms with E-state index in [1.807, 2.05) is 13.0 Å². The fraction of sp³-hybridized carbons (Fsp3) is 0.190. The summed E-state index contributed by atoms with van der Waals surface area (Å²) in [4.78, 5) is 41.3. The zero-order valence-corrected chi connectivity index (χ0v) is 19.2. The van der Waals surface area contributed by atoms with Gasteiger partial charge in [-0.1, -0.05) is 29.4 Å². The smallest absolute Gasteiger partial charge is 0.272 e. The topological polar surface area (TPSA) is 107 Å². The molecule has 4 rings (SSSR count). The molecule has 32 heavy (non-hydrogen) atoms. The molecule has 0 unspecified atom stereocenters. The molecule has 0 bridgehead atoms. The van der Waals surface area contributed by atoms with E-state index in [0.717, 1.165) is 23.1 Å². The van der Waals surface area contributed by atoms with Gasteiger partial charge in [-0.15, -0.1) is 11.8 Å². The zero-order chi connectivity index (χ0) is 22.8. The molecule has 0 aliphatic carbocycles.